The van der Waals surface area contributed by atoms with Crippen molar-refractivity contribution in [3.8, 4) is 0 Å². The first kappa shape index (κ1) is 31.5. The van der Waals surface area contributed by atoms with Crippen molar-refractivity contribution in [3.05, 3.63) is 65.0 Å². The van der Waals surface area contributed by atoms with Crippen molar-refractivity contribution in [3.63, 3.8) is 0 Å². The molecule has 43 heavy (non-hydrogen) atoms. The van der Waals surface area contributed by atoms with Crippen molar-refractivity contribution < 1.29 is 56.8 Å². The number of hydrogen-bond acceptors (Lipinski definition) is 5. The fraction of sp³-hybridized carbons (Fsp3) is 0.500. The fourth-order valence-electron chi connectivity index (χ4n) is 6.37. The summed E-state index contributed by atoms with van der Waals surface area (Å²) in [5, 5.41) is 0. The summed E-state index contributed by atoms with van der Waals surface area (Å²) in [6.45, 7) is -0.516. The van der Waals surface area contributed by atoms with Gasteiger partial charge in [-0.15, -0.1) is 0 Å². The molecule has 17 heteroatoms. The summed E-state index contributed by atoms with van der Waals surface area (Å²) >= 11 is 0. The van der Waals surface area contributed by atoms with Crippen LogP contribution in [0.1, 0.15) is 29.5 Å². The molecule has 3 aliphatic rings. The largest absolute Gasteiger partial charge is 0.435 e. The van der Waals surface area contributed by atoms with Gasteiger partial charge in [0.2, 0.25) is 0 Å². The highest BCUT2D eigenvalue weighted by Crippen LogP contribution is 2.56. The van der Waals surface area contributed by atoms with Crippen molar-refractivity contribution in [2.45, 2.75) is 53.0 Å². The molecular formula is C26H24F8N2O5S2. The first-order valence-electron chi connectivity index (χ1n) is 13.0. The lowest BCUT2D eigenvalue weighted by atomic mass is 9.77. The molecule has 236 valence electrons. The van der Waals surface area contributed by atoms with Crippen LogP contribution < -0.4 is 0 Å². The summed E-state index contributed by atoms with van der Waals surface area (Å²) in [5.74, 6) is -1.40. The Morgan fingerprint density at radius 1 is 0.884 bits per heavy atom. The summed E-state index contributed by atoms with van der Waals surface area (Å²) in [6, 6.07) is 3.14. The average Bonchev–Trinajstić information content (AvgIpc) is 3.32. The maximum Gasteiger partial charge on any atom is 0.435 e. The number of nitrogens with zero attached hydrogens (tertiary/aromatic N) is 2. The maximum atomic E-state index is 14.9. The molecular weight excluding hydrogens is 636 g/mol. The van der Waals surface area contributed by atoms with Gasteiger partial charge in [-0.2, -0.15) is 26.3 Å². The summed E-state index contributed by atoms with van der Waals surface area (Å²) in [5.41, 5.74) is -7.96. The molecule has 2 saturated heterocycles. The summed E-state index contributed by atoms with van der Waals surface area (Å²) in [7, 11) is -8.00. The van der Waals surface area contributed by atoms with Gasteiger partial charge in [0, 0.05) is 25.2 Å². The molecule has 0 radical (unpaired) electrons. The molecule has 2 aromatic carbocycles. The molecule has 2 atom stereocenters. The highest BCUT2D eigenvalue weighted by atomic mass is 32.2. The number of halogens is 8. The van der Waals surface area contributed by atoms with Gasteiger partial charge >= 0.3 is 24.1 Å². The summed E-state index contributed by atoms with van der Waals surface area (Å²) in [4.78, 5) is 15.6. The van der Waals surface area contributed by atoms with Gasteiger partial charge in [-0.05, 0) is 54.7 Å². The van der Waals surface area contributed by atoms with Gasteiger partial charge in [0.25, 0.3) is 0 Å². The van der Waals surface area contributed by atoms with E-state index in [-0.39, 0.29) is 67.6 Å². The number of carbonyl (C=O) groups excluding carboxylic acids is 1. The van der Waals surface area contributed by atoms with Crippen molar-refractivity contribution in [1.29, 1.82) is 0 Å². The number of likely N-dealkylation sites (tertiary alicyclic amines) is 1. The van der Waals surface area contributed by atoms with Crippen LogP contribution in [0, 0.1) is 5.82 Å². The third kappa shape index (κ3) is 4.77. The highest BCUT2D eigenvalue weighted by Gasteiger charge is 2.74. The molecule has 5 rings (SSSR count). The maximum absolute atomic E-state index is 14.9. The molecule has 2 fully saturated rings. The van der Waals surface area contributed by atoms with E-state index in [4.69, 9.17) is 0 Å². The first-order valence-corrected chi connectivity index (χ1v) is 16.3. The van der Waals surface area contributed by atoms with Gasteiger partial charge in [-0.3, -0.25) is 0 Å². The van der Waals surface area contributed by atoms with Gasteiger partial charge in [-0.25, -0.2) is 30.4 Å². The first-order chi connectivity index (χ1) is 19.8. The van der Waals surface area contributed by atoms with Gasteiger partial charge in [0.1, 0.15) is 10.6 Å². The number of carbonyl (C=O) groups is 1. The Labute approximate surface area is 241 Å². The molecule has 0 unspecified atom stereocenters. The highest BCUT2D eigenvalue weighted by molar-refractivity contribution is 7.92. The number of urea groups is 1. The lowest BCUT2D eigenvalue weighted by Gasteiger charge is -2.44. The summed E-state index contributed by atoms with van der Waals surface area (Å²) in [6.07, 6.45) is -13.6. The molecule has 2 heterocycles. The van der Waals surface area contributed by atoms with Crippen LogP contribution in [0.15, 0.2) is 47.4 Å². The minimum absolute atomic E-state index is 0.157. The zero-order valence-electron chi connectivity index (χ0n) is 22.1. The van der Waals surface area contributed by atoms with Gasteiger partial charge in [0.15, 0.2) is 19.7 Å². The number of benzene rings is 2. The Hall–Kier alpha value is -2.95. The molecule has 0 bridgehead atoms. The topological polar surface area (TPSA) is 91.8 Å². The minimum atomic E-state index is -6.38. The molecule has 2 amide bonds. The third-order valence-electron chi connectivity index (χ3n) is 8.53. The minimum Gasteiger partial charge on any atom is -0.323 e. The number of alkyl halides is 7. The number of amides is 2. The monoisotopic (exact) mass is 660 g/mol. The molecule has 2 aliphatic heterocycles. The van der Waals surface area contributed by atoms with Crippen LogP contribution in [0.4, 0.5) is 39.9 Å². The average molecular weight is 661 g/mol. The molecule has 0 saturated carbocycles. The Morgan fingerprint density at radius 2 is 1.47 bits per heavy atom. The van der Waals surface area contributed by atoms with Gasteiger partial charge in [0.05, 0.1) is 22.4 Å². The van der Waals surface area contributed by atoms with Gasteiger partial charge in [-0.1, -0.05) is 18.2 Å². The van der Waals surface area contributed by atoms with E-state index >= 15 is 0 Å². The van der Waals surface area contributed by atoms with Crippen molar-refractivity contribution in [2.75, 3.05) is 31.1 Å². The van der Waals surface area contributed by atoms with Gasteiger partial charge < -0.3 is 9.80 Å². The van der Waals surface area contributed by atoms with E-state index in [1.165, 1.54) is 9.80 Å². The number of aryl methyl sites for hydroxylation is 1. The summed E-state index contributed by atoms with van der Waals surface area (Å²) < 4.78 is 160. The van der Waals surface area contributed by atoms with E-state index in [9.17, 15) is 56.8 Å². The Kier molecular flexibility index (Phi) is 7.35. The number of hydrogen-bond donors (Lipinski definition) is 0. The molecule has 0 N–H and O–H groups in total. The Balaban J connectivity index is 1.65. The molecule has 0 spiro atoms. The van der Waals surface area contributed by atoms with Crippen molar-refractivity contribution in [2.24, 2.45) is 0 Å². The number of fused-ring (bicyclic) bond motifs is 3. The smallest absolute Gasteiger partial charge is 0.323 e. The molecule has 2 aromatic rings. The van der Waals surface area contributed by atoms with Crippen molar-refractivity contribution in [1.82, 2.24) is 9.80 Å². The quantitative estimate of drug-likeness (QED) is 0.353. The van der Waals surface area contributed by atoms with Crippen LogP contribution in [-0.2, 0) is 36.5 Å². The van der Waals surface area contributed by atoms with Crippen LogP contribution in [-0.4, -0.2) is 82.2 Å². The van der Waals surface area contributed by atoms with E-state index in [1.54, 1.807) is 0 Å². The SMILES string of the molecule is O=C(N1CCS(=O)(=O)CC1)N1CC[C@@]2(S(=O)(=O)c3ccc(F)cc3)c3ccc(C(F)(C(F)(F)F)C(F)(F)F)cc3CC[C@@H]12. The van der Waals surface area contributed by atoms with E-state index in [0.29, 0.717) is 6.07 Å². The molecule has 1 aliphatic carbocycles. The number of rotatable bonds is 3. The van der Waals surface area contributed by atoms with E-state index < -0.39 is 70.8 Å². The zero-order valence-corrected chi connectivity index (χ0v) is 23.7. The fourth-order valence-corrected chi connectivity index (χ4v) is 9.94. The van der Waals surface area contributed by atoms with E-state index in [1.807, 2.05) is 0 Å². The van der Waals surface area contributed by atoms with Crippen LogP contribution in [0.2, 0.25) is 0 Å². The predicted octanol–water partition coefficient (Wildman–Crippen LogP) is 4.66. The Bertz CT molecular complexity index is 1630. The lowest BCUT2D eigenvalue weighted by Crippen LogP contribution is -2.56. The van der Waals surface area contributed by atoms with Crippen LogP contribution >= 0.6 is 0 Å². The zero-order chi connectivity index (χ0) is 31.8. The standard InChI is InChI=1S/C26H24F8N2O5S2/c27-18-3-5-19(6-4-18)43(40,41)23-9-10-36(22(37)35-11-13-42(38,39)14-12-35)21(23)8-1-16-15-17(2-7-20(16)23)24(28,25(29,30)31)26(32,33)34/h2-7,15,21H,1,8-14H2/t21-,23-/m1/s1. The predicted molar refractivity (Wildman–Crippen MR) is 136 cm³/mol. The van der Waals surface area contributed by atoms with E-state index in [0.717, 1.165) is 30.3 Å². The van der Waals surface area contributed by atoms with Crippen LogP contribution in [0.25, 0.3) is 0 Å². The third-order valence-corrected chi connectivity index (χ3v) is 12.7. The van der Waals surface area contributed by atoms with Crippen LogP contribution in [0.3, 0.4) is 0 Å². The second kappa shape index (κ2) is 10.0. The van der Waals surface area contributed by atoms with Crippen molar-refractivity contribution >= 4 is 25.7 Å². The lowest BCUT2D eigenvalue weighted by molar-refractivity contribution is -0.348. The normalized spacial score (nSPS) is 24.4. The second-order valence-electron chi connectivity index (χ2n) is 10.8. The second-order valence-corrected chi connectivity index (χ2v) is 15.3. The Morgan fingerprint density at radius 3 is 2.02 bits per heavy atom. The van der Waals surface area contributed by atoms with Crippen LogP contribution in [0.5, 0.6) is 0 Å². The number of sulfone groups is 2. The molecule has 0 aromatic heterocycles. The molecule has 7 nitrogen and oxygen atoms in total. The van der Waals surface area contributed by atoms with E-state index in [2.05, 4.69) is 0 Å².